The normalized spacial score (nSPS) is 18.0. The van der Waals surface area contributed by atoms with E-state index in [0.29, 0.717) is 12.2 Å². The van der Waals surface area contributed by atoms with E-state index in [1.54, 1.807) is 0 Å². The van der Waals surface area contributed by atoms with E-state index >= 15 is 0 Å². The second-order valence-electron chi connectivity index (χ2n) is 4.18. The Morgan fingerprint density at radius 1 is 1.39 bits per heavy atom. The lowest BCUT2D eigenvalue weighted by molar-refractivity contribution is 0.394. The van der Waals surface area contributed by atoms with Crippen LogP contribution in [0.1, 0.15) is 12.2 Å². The summed E-state index contributed by atoms with van der Waals surface area (Å²) in [6, 6.07) is 3.40. The molecule has 1 atom stereocenters. The largest absolute Gasteiger partial charge is 0.373 e. The molecule has 1 aliphatic rings. The van der Waals surface area contributed by atoms with E-state index in [9.17, 15) is 8.78 Å². The predicted octanol–water partition coefficient (Wildman–Crippen LogP) is 1.88. The number of hydrogen-bond donors (Lipinski definition) is 0. The number of nitrogens with zero attached hydrogens (tertiary/aromatic N) is 3. The molecule has 1 aromatic heterocycles. The van der Waals surface area contributed by atoms with Crippen molar-refractivity contribution in [1.29, 1.82) is 0 Å². The highest BCUT2D eigenvalue weighted by atomic mass is 19.1. The Labute approximate surface area is 102 Å². The molecule has 1 aromatic carbocycles. The van der Waals surface area contributed by atoms with Crippen molar-refractivity contribution >= 4 is 0 Å². The quantitative estimate of drug-likeness (QED) is 0.779. The molecule has 0 N–H and O–H groups in total. The number of aromatic nitrogens is 3. The molecule has 1 saturated heterocycles. The van der Waals surface area contributed by atoms with Crippen LogP contribution >= 0.6 is 0 Å². The molecule has 0 spiro atoms. The Morgan fingerprint density at radius 2 is 2.22 bits per heavy atom. The van der Waals surface area contributed by atoms with Gasteiger partial charge in [-0.25, -0.2) is 18.4 Å². The lowest BCUT2D eigenvalue weighted by Crippen LogP contribution is -2.06. The summed E-state index contributed by atoms with van der Waals surface area (Å²) < 4.78 is 33.0. The van der Waals surface area contributed by atoms with Crippen molar-refractivity contribution in [2.75, 3.05) is 6.61 Å². The van der Waals surface area contributed by atoms with Crippen LogP contribution in [0.4, 0.5) is 8.78 Å². The third kappa shape index (κ3) is 2.24. The fourth-order valence-corrected chi connectivity index (χ4v) is 1.81. The van der Waals surface area contributed by atoms with E-state index < -0.39 is 11.6 Å². The first kappa shape index (κ1) is 11.3. The van der Waals surface area contributed by atoms with Crippen molar-refractivity contribution < 1.29 is 13.5 Å². The molecule has 0 aliphatic carbocycles. The van der Waals surface area contributed by atoms with Gasteiger partial charge in [-0.15, -0.1) is 0 Å². The van der Waals surface area contributed by atoms with E-state index in [0.717, 1.165) is 19.1 Å². The van der Waals surface area contributed by atoms with Crippen molar-refractivity contribution in [2.45, 2.75) is 18.9 Å². The van der Waals surface area contributed by atoms with Gasteiger partial charge in [0.05, 0.1) is 12.7 Å². The number of epoxide rings is 1. The summed E-state index contributed by atoms with van der Waals surface area (Å²) in [5, 5.41) is 3.98. The molecule has 1 fully saturated rings. The highest BCUT2D eigenvalue weighted by molar-refractivity contribution is 5.33. The van der Waals surface area contributed by atoms with Gasteiger partial charge in [0.15, 0.2) is 5.82 Å². The average Bonchev–Trinajstić information content (AvgIpc) is 3.06. The molecule has 4 nitrogen and oxygen atoms in total. The Hall–Kier alpha value is -1.82. The maximum atomic E-state index is 13.7. The van der Waals surface area contributed by atoms with Crippen LogP contribution in [0.2, 0.25) is 0 Å². The van der Waals surface area contributed by atoms with Crippen LogP contribution in [0.15, 0.2) is 24.5 Å². The van der Waals surface area contributed by atoms with E-state index in [1.165, 1.54) is 23.1 Å². The minimum atomic E-state index is -0.649. The fourth-order valence-electron chi connectivity index (χ4n) is 1.81. The molecule has 0 bridgehead atoms. The number of benzene rings is 1. The number of halogens is 2. The number of aryl methyl sites for hydroxylation is 1. The van der Waals surface area contributed by atoms with Crippen LogP contribution in [0.5, 0.6) is 0 Å². The molecule has 2 aromatic rings. The van der Waals surface area contributed by atoms with Gasteiger partial charge < -0.3 is 4.74 Å². The summed E-state index contributed by atoms with van der Waals surface area (Å²) in [5.41, 5.74) is 0.209. The van der Waals surface area contributed by atoms with Gasteiger partial charge in [-0.2, -0.15) is 5.10 Å². The molecule has 1 unspecified atom stereocenters. The van der Waals surface area contributed by atoms with Crippen molar-refractivity contribution in [3.05, 3.63) is 42.0 Å². The fraction of sp³-hybridized carbons (Fsp3) is 0.333. The molecule has 6 heteroatoms. The number of hydrogen-bond acceptors (Lipinski definition) is 3. The lowest BCUT2D eigenvalue weighted by atomic mass is 10.2. The topological polar surface area (TPSA) is 43.2 Å². The summed E-state index contributed by atoms with van der Waals surface area (Å²) >= 11 is 0. The maximum absolute atomic E-state index is 13.7. The van der Waals surface area contributed by atoms with Crippen molar-refractivity contribution in [1.82, 2.24) is 14.8 Å². The third-order valence-electron chi connectivity index (χ3n) is 2.85. The number of rotatable bonds is 4. The molecule has 0 radical (unpaired) electrons. The maximum Gasteiger partial charge on any atom is 0.151 e. The van der Waals surface area contributed by atoms with Crippen molar-refractivity contribution in [3.63, 3.8) is 0 Å². The Bertz CT molecular complexity index is 566. The molecule has 0 amide bonds. The summed E-state index contributed by atoms with van der Waals surface area (Å²) in [5.74, 6) is -0.607. The van der Waals surface area contributed by atoms with Gasteiger partial charge in [0.1, 0.15) is 23.7 Å². The van der Waals surface area contributed by atoms with Gasteiger partial charge in [0, 0.05) is 12.5 Å². The average molecular weight is 251 g/mol. The monoisotopic (exact) mass is 251 g/mol. The molecular weight excluding hydrogens is 240 g/mol. The van der Waals surface area contributed by atoms with Crippen LogP contribution in [-0.4, -0.2) is 27.5 Å². The summed E-state index contributed by atoms with van der Waals surface area (Å²) in [4.78, 5) is 4.09. The summed E-state index contributed by atoms with van der Waals surface area (Å²) in [7, 11) is 0. The Kier molecular flexibility index (Phi) is 2.79. The van der Waals surface area contributed by atoms with Crippen molar-refractivity contribution in [3.8, 4) is 5.69 Å². The Morgan fingerprint density at radius 3 is 2.94 bits per heavy atom. The predicted molar refractivity (Wildman–Crippen MR) is 59.3 cm³/mol. The van der Waals surface area contributed by atoms with Gasteiger partial charge in [-0.1, -0.05) is 0 Å². The van der Waals surface area contributed by atoms with Gasteiger partial charge in [-0.3, -0.25) is 0 Å². The zero-order valence-corrected chi connectivity index (χ0v) is 9.51. The van der Waals surface area contributed by atoms with Crippen LogP contribution in [0.3, 0.4) is 0 Å². The first-order valence-corrected chi connectivity index (χ1v) is 5.70. The second kappa shape index (κ2) is 4.45. The van der Waals surface area contributed by atoms with Crippen LogP contribution in [0, 0.1) is 11.6 Å². The van der Waals surface area contributed by atoms with E-state index in [-0.39, 0.29) is 11.8 Å². The molecular formula is C12H11F2N3O. The second-order valence-corrected chi connectivity index (χ2v) is 4.18. The van der Waals surface area contributed by atoms with Crippen molar-refractivity contribution in [2.24, 2.45) is 0 Å². The van der Waals surface area contributed by atoms with Crippen LogP contribution in [-0.2, 0) is 11.2 Å². The number of ether oxygens (including phenoxy) is 1. The van der Waals surface area contributed by atoms with Crippen LogP contribution < -0.4 is 0 Å². The highest BCUT2D eigenvalue weighted by Gasteiger charge is 2.23. The summed E-state index contributed by atoms with van der Waals surface area (Å²) in [6.45, 7) is 0.777. The molecule has 2 heterocycles. The lowest BCUT2D eigenvalue weighted by Gasteiger charge is -2.06. The minimum absolute atomic E-state index is 0.209. The van der Waals surface area contributed by atoms with Gasteiger partial charge in [0.2, 0.25) is 0 Å². The van der Waals surface area contributed by atoms with Gasteiger partial charge >= 0.3 is 0 Å². The van der Waals surface area contributed by atoms with E-state index in [4.69, 9.17) is 4.74 Å². The van der Waals surface area contributed by atoms with E-state index in [2.05, 4.69) is 10.1 Å². The molecule has 3 rings (SSSR count). The summed E-state index contributed by atoms with van der Waals surface area (Å²) in [6.07, 6.45) is 3.14. The zero-order valence-electron chi connectivity index (χ0n) is 9.51. The molecule has 18 heavy (non-hydrogen) atoms. The first-order valence-electron chi connectivity index (χ1n) is 5.70. The molecule has 0 saturated carbocycles. The highest BCUT2D eigenvalue weighted by Crippen LogP contribution is 2.19. The van der Waals surface area contributed by atoms with Crippen LogP contribution in [0.25, 0.3) is 5.69 Å². The standard InChI is InChI=1S/C12H11F2N3O/c13-8-1-3-11(10(14)5-8)17-12(15-7-16-17)4-2-9-6-18-9/h1,3,5,7,9H,2,4,6H2. The first-order chi connectivity index (χ1) is 8.74. The Balaban J connectivity index is 1.88. The molecule has 94 valence electrons. The molecule has 1 aliphatic heterocycles. The SMILES string of the molecule is Fc1ccc(-n2ncnc2CCC2CO2)c(F)c1. The van der Waals surface area contributed by atoms with E-state index in [1.807, 2.05) is 0 Å². The van der Waals surface area contributed by atoms with Gasteiger partial charge in [0.25, 0.3) is 0 Å². The third-order valence-corrected chi connectivity index (χ3v) is 2.85. The minimum Gasteiger partial charge on any atom is -0.373 e. The zero-order chi connectivity index (χ0) is 12.5. The smallest absolute Gasteiger partial charge is 0.151 e. The van der Waals surface area contributed by atoms with Gasteiger partial charge in [-0.05, 0) is 18.6 Å².